The highest BCUT2D eigenvalue weighted by Crippen LogP contribution is 2.10. The zero-order chi connectivity index (χ0) is 21.5. The summed E-state index contributed by atoms with van der Waals surface area (Å²) in [5.41, 5.74) is 0.231. The summed E-state index contributed by atoms with van der Waals surface area (Å²) in [5, 5.41) is 10.6. The summed E-state index contributed by atoms with van der Waals surface area (Å²) in [4.78, 5) is 1.87. The quantitative estimate of drug-likeness (QED) is 0.481. The minimum Gasteiger partial charge on any atom is -0.378 e. The van der Waals surface area contributed by atoms with E-state index in [2.05, 4.69) is 29.5 Å². The van der Waals surface area contributed by atoms with E-state index in [-0.39, 0.29) is 31.7 Å². The highest BCUT2D eigenvalue weighted by Gasteiger charge is 2.24. The molecule has 0 aliphatic carbocycles. The first-order valence-electron chi connectivity index (χ1n) is 10.2. The Labute approximate surface area is 175 Å². The Morgan fingerprint density at radius 2 is 1.72 bits per heavy atom. The molecule has 2 heterocycles. The summed E-state index contributed by atoms with van der Waals surface area (Å²) in [6.45, 7) is 8.34. The Balaban J connectivity index is 0.00000154. The van der Waals surface area contributed by atoms with Crippen molar-refractivity contribution in [3.05, 3.63) is 11.6 Å². The van der Waals surface area contributed by atoms with Gasteiger partial charge in [0.25, 0.3) is 0 Å². The van der Waals surface area contributed by atoms with Crippen LogP contribution in [0.15, 0.2) is 0 Å². The van der Waals surface area contributed by atoms with Crippen molar-refractivity contribution in [3.63, 3.8) is 0 Å². The molecule has 2 rings (SSSR count). The zero-order valence-corrected chi connectivity index (χ0v) is 18.7. The van der Waals surface area contributed by atoms with Crippen molar-refractivity contribution < 1.29 is 23.7 Å². The van der Waals surface area contributed by atoms with Crippen LogP contribution in [0.25, 0.3) is 0 Å². The predicted octanol–water partition coefficient (Wildman–Crippen LogP) is 0.953. The molecule has 1 fully saturated rings. The Hall–Kier alpha value is -1.14. The normalized spacial score (nSPS) is 16.4. The fraction of sp³-hybridized carbons (Fsp3) is 0.889. The van der Waals surface area contributed by atoms with Crippen molar-refractivity contribution in [2.75, 3.05) is 64.6 Å². The lowest BCUT2D eigenvalue weighted by molar-refractivity contribution is 0.0443. The summed E-state index contributed by atoms with van der Waals surface area (Å²) >= 11 is 0. The highest BCUT2D eigenvalue weighted by atomic mass is 32.2. The molecule has 0 spiro atoms. The van der Waals surface area contributed by atoms with Gasteiger partial charge in [-0.25, -0.2) is 13.1 Å². The third kappa shape index (κ3) is 11.0. The molecular weight excluding hydrogens is 401 g/mol. The molecule has 1 aliphatic rings. The minimum absolute atomic E-state index is 0. The molecule has 0 atom stereocenters. The van der Waals surface area contributed by atoms with Crippen molar-refractivity contribution in [2.45, 2.75) is 39.8 Å². The molecule has 9 nitrogen and oxygen atoms in total. The molecule has 0 amide bonds. The molecule has 0 saturated carbocycles. The standard InChI is InChI=1S/C14H26FN5O4S.C4H10.H2/c1-16-2-6-23-8-9-24-7-3-20-14(15)13(17-18-20)12-19-4-10-25(21,22)11-5-19;1-3-4-2;/h16H,2-12H2,1H3;3-4H2,1-2H3;1H. The number of hydrogen-bond donors (Lipinski definition) is 1. The van der Waals surface area contributed by atoms with Gasteiger partial charge in [0.15, 0.2) is 9.84 Å². The lowest BCUT2D eigenvalue weighted by atomic mass is 10.4. The number of ether oxygens (including phenoxy) is 2. The Morgan fingerprint density at radius 1 is 1.10 bits per heavy atom. The number of sulfone groups is 1. The lowest BCUT2D eigenvalue weighted by Crippen LogP contribution is -2.39. The Morgan fingerprint density at radius 3 is 2.31 bits per heavy atom. The maximum absolute atomic E-state index is 14.3. The van der Waals surface area contributed by atoms with Gasteiger partial charge in [-0.05, 0) is 7.05 Å². The van der Waals surface area contributed by atoms with Crippen LogP contribution in [-0.2, 0) is 32.4 Å². The third-order valence-electron chi connectivity index (χ3n) is 4.36. The van der Waals surface area contributed by atoms with E-state index in [0.29, 0.717) is 39.5 Å². The van der Waals surface area contributed by atoms with Gasteiger partial charge in [0.1, 0.15) is 5.69 Å². The second-order valence-corrected chi connectivity index (χ2v) is 9.11. The largest absolute Gasteiger partial charge is 0.378 e. The second kappa shape index (κ2) is 14.8. The first-order valence-corrected chi connectivity index (χ1v) is 12.1. The minimum atomic E-state index is -2.94. The Bertz CT molecular complexity index is 647. The van der Waals surface area contributed by atoms with E-state index in [1.165, 1.54) is 12.8 Å². The van der Waals surface area contributed by atoms with Crippen LogP contribution in [0.4, 0.5) is 4.39 Å². The zero-order valence-electron chi connectivity index (χ0n) is 17.9. The van der Waals surface area contributed by atoms with Crippen molar-refractivity contribution in [1.82, 2.24) is 25.2 Å². The molecule has 0 bridgehead atoms. The topological polar surface area (TPSA) is 98.6 Å². The fourth-order valence-electron chi connectivity index (χ4n) is 2.34. The van der Waals surface area contributed by atoms with E-state index < -0.39 is 15.8 Å². The molecule has 11 heteroatoms. The summed E-state index contributed by atoms with van der Waals surface area (Å²) < 4.78 is 48.9. The molecule has 1 aromatic rings. The summed E-state index contributed by atoms with van der Waals surface area (Å²) in [6, 6.07) is 0. The molecule has 1 saturated heterocycles. The van der Waals surface area contributed by atoms with Crippen molar-refractivity contribution in [3.8, 4) is 0 Å². The van der Waals surface area contributed by atoms with E-state index in [1.54, 1.807) is 0 Å². The van der Waals surface area contributed by atoms with Crippen LogP contribution in [-0.4, -0.2) is 92.9 Å². The first-order chi connectivity index (χ1) is 13.9. The van der Waals surface area contributed by atoms with Gasteiger partial charge in [-0.15, -0.1) is 5.10 Å². The fourth-order valence-corrected chi connectivity index (χ4v) is 3.62. The van der Waals surface area contributed by atoms with Crippen LogP contribution in [0.2, 0.25) is 0 Å². The highest BCUT2D eigenvalue weighted by molar-refractivity contribution is 7.91. The summed E-state index contributed by atoms with van der Waals surface area (Å²) in [7, 11) is -1.09. The summed E-state index contributed by atoms with van der Waals surface area (Å²) in [5.74, 6) is -0.290. The van der Waals surface area contributed by atoms with Crippen molar-refractivity contribution in [2.24, 2.45) is 0 Å². The molecule has 1 aromatic heterocycles. The molecule has 0 aromatic carbocycles. The van der Waals surface area contributed by atoms with Crippen LogP contribution in [0.5, 0.6) is 0 Å². The number of unbranched alkanes of at least 4 members (excludes halogenated alkanes) is 1. The van der Waals surface area contributed by atoms with E-state index >= 15 is 0 Å². The van der Waals surface area contributed by atoms with Gasteiger partial charge >= 0.3 is 0 Å². The van der Waals surface area contributed by atoms with Gasteiger partial charge in [-0.1, -0.05) is 31.9 Å². The van der Waals surface area contributed by atoms with E-state index in [4.69, 9.17) is 9.47 Å². The third-order valence-corrected chi connectivity index (χ3v) is 5.97. The van der Waals surface area contributed by atoms with Crippen molar-refractivity contribution >= 4 is 9.84 Å². The SMILES string of the molecule is CCCC.CNCCOCCOCCn1nnc(CN2CCS(=O)(=O)CC2)c1F.[HH]. The Kier molecular flexibility index (Phi) is 13.2. The van der Waals surface area contributed by atoms with E-state index in [0.717, 1.165) is 11.2 Å². The van der Waals surface area contributed by atoms with Gasteiger partial charge in [-0.2, -0.15) is 4.39 Å². The summed E-state index contributed by atoms with van der Waals surface area (Å²) in [6.07, 6.45) is 2.64. The number of halogens is 1. The van der Waals surface area contributed by atoms with Crippen LogP contribution >= 0.6 is 0 Å². The van der Waals surface area contributed by atoms with Gasteiger partial charge in [-0.3, -0.25) is 4.90 Å². The van der Waals surface area contributed by atoms with Gasteiger partial charge in [0, 0.05) is 27.6 Å². The van der Waals surface area contributed by atoms with Crippen LogP contribution in [0.1, 0.15) is 33.8 Å². The van der Waals surface area contributed by atoms with Crippen LogP contribution < -0.4 is 5.32 Å². The molecule has 29 heavy (non-hydrogen) atoms. The maximum Gasteiger partial charge on any atom is 0.236 e. The number of nitrogens with zero attached hydrogens (tertiary/aromatic N) is 4. The monoisotopic (exact) mass is 439 g/mol. The lowest BCUT2D eigenvalue weighted by Gasteiger charge is -2.25. The van der Waals surface area contributed by atoms with Gasteiger partial charge in [0.2, 0.25) is 5.95 Å². The number of aromatic nitrogens is 3. The average Bonchev–Trinajstić information content (AvgIpc) is 3.05. The number of rotatable bonds is 12. The second-order valence-electron chi connectivity index (χ2n) is 6.81. The number of hydrogen-bond acceptors (Lipinski definition) is 8. The number of likely N-dealkylation sites (N-methyl/N-ethyl adjacent to an activating group) is 1. The van der Waals surface area contributed by atoms with E-state index in [1.807, 2.05) is 11.9 Å². The number of nitrogens with one attached hydrogen (secondary N) is 1. The van der Waals surface area contributed by atoms with Crippen LogP contribution in [0.3, 0.4) is 0 Å². The molecule has 0 radical (unpaired) electrons. The van der Waals surface area contributed by atoms with E-state index in [9.17, 15) is 12.8 Å². The van der Waals surface area contributed by atoms with Crippen LogP contribution in [0, 0.1) is 5.95 Å². The van der Waals surface area contributed by atoms with Gasteiger partial charge < -0.3 is 14.8 Å². The molecular formula is C18H38FN5O4S. The smallest absolute Gasteiger partial charge is 0.236 e. The van der Waals surface area contributed by atoms with Gasteiger partial charge in [0.05, 0.1) is 44.5 Å². The molecule has 1 N–H and O–H groups in total. The molecule has 0 unspecified atom stereocenters. The average molecular weight is 440 g/mol. The first kappa shape index (κ1) is 25.9. The molecule has 1 aliphatic heterocycles. The predicted molar refractivity (Wildman–Crippen MR) is 112 cm³/mol. The molecule has 172 valence electrons. The maximum atomic E-state index is 14.3. The van der Waals surface area contributed by atoms with Crippen molar-refractivity contribution in [1.29, 1.82) is 0 Å².